The van der Waals surface area contributed by atoms with Crippen molar-refractivity contribution in [1.82, 2.24) is 10.2 Å². The molecule has 0 fully saturated rings. The molecular weight excluding hydrogens is 498 g/mol. The molecular formula is C27H30ClN3O4S. The summed E-state index contributed by atoms with van der Waals surface area (Å²) in [5, 5.41) is 3.05. The quantitative estimate of drug-likeness (QED) is 0.423. The van der Waals surface area contributed by atoms with Gasteiger partial charge in [0.15, 0.2) is 0 Å². The van der Waals surface area contributed by atoms with Crippen LogP contribution < -0.4 is 9.62 Å². The van der Waals surface area contributed by atoms with Crippen molar-refractivity contribution in [2.45, 2.75) is 37.8 Å². The average Bonchev–Trinajstić information content (AvgIpc) is 2.88. The van der Waals surface area contributed by atoms with Gasteiger partial charge in [-0.15, -0.1) is 0 Å². The molecule has 0 saturated heterocycles. The summed E-state index contributed by atoms with van der Waals surface area (Å²) in [7, 11) is -2.59. The summed E-state index contributed by atoms with van der Waals surface area (Å²) < 4.78 is 28.5. The summed E-state index contributed by atoms with van der Waals surface area (Å²) in [5.41, 5.74) is 2.03. The van der Waals surface area contributed by atoms with Crippen LogP contribution in [0, 0.1) is 6.92 Å². The van der Waals surface area contributed by atoms with Gasteiger partial charge in [0.2, 0.25) is 11.8 Å². The Kier molecular flexibility index (Phi) is 9.12. The Morgan fingerprint density at radius 2 is 1.56 bits per heavy atom. The molecule has 0 aliphatic carbocycles. The molecule has 1 atom stereocenters. The van der Waals surface area contributed by atoms with Crippen LogP contribution in [-0.4, -0.2) is 44.8 Å². The lowest BCUT2D eigenvalue weighted by molar-refractivity contribution is -0.140. The molecule has 0 bridgehead atoms. The molecule has 0 aliphatic rings. The van der Waals surface area contributed by atoms with Gasteiger partial charge in [-0.3, -0.25) is 13.9 Å². The van der Waals surface area contributed by atoms with Crippen LogP contribution in [0.25, 0.3) is 0 Å². The molecule has 0 heterocycles. The maximum atomic E-state index is 13.8. The molecule has 36 heavy (non-hydrogen) atoms. The number of carbonyl (C=O) groups is 2. The van der Waals surface area contributed by atoms with Crippen LogP contribution in [0.5, 0.6) is 0 Å². The number of sulfonamides is 1. The first kappa shape index (κ1) is 27.2. The molecule has 3 aromatic carbocycles. The monoisotopic (exact) mass is 527 g/mol. The van der Waals surface area contributed by atoms with Crippen molar-refractivity contribution in [2.75, 3.05) is 17.9 Å². The van der Waals surface area contributed by atoms with E-state index in [4.69, 9.17) is 11.6 Å². The lowest BCUT2D eigenvalue weighted by Gasteiger charge is -2.33. The Bertz CT molecular complexity index is 1280. The number of hydrogen-bond donors (Lipinski definition) is 1. The van der Waals surface area contributed by atoms with E-state index >= 15 is 0 Å². The first-order valence-electron chi connectivity index (χ1n) is 11.6. The lowest BCUT2D eigenvalue weighted by atomic mass is 10.1. The number of nitrogens with one attached hydrogen (secondary N) is 1. The van der Waals surface area contributed by atoms with Gasteiger partial charge < -0.3 is 10.2 Å². The molecule has 3 rings (SSSR count). The Morgan fingerprint density at radius 3 is 2.11 bits per heavy atom. The molecule has 7 nitrogen and oxygen atoms in total. The Labute approximate surface area is 217 Å². The smallest absolute Gasteiger partial charge is 0.264 e. The molecule has 190 valence electrons. The van der Waals surface area contributed by atoms with Crippen molar-refractivity contribution in [3.8, 4) is 0 Å². The molecule has 0 radical (unpaired) electrons. The number of amides is 2. The van der Waals surface area contributed by atoms with Gasteiger partial charge >= 0.3 is 0 Å². The van der Waals surface area contributed by atoms with Crippen molar-refractivity contribution in [2.24, 2.45) is 0 Å². The van der Waals surface area contributed by atoms with Gasteiger partial charge in [-0.2, -0.15) is 0 Å². The van der Waals surface area contributed by atoms with E-state index in [0.717, 1.165) is 15.4 Å². The fraction of sp³-hybridized carbons (Fsp3) is 0.259. The molecule has 0 spiro atoms. The van der Waals surface area contributed by atoms with E-state index in [1.54, 1.807) is 36.4 Å². The largest absolute Gasteiger partial charge is 0.357 e. The molecule has 2 amide bonds. The highest BCUT2D eigenvalue weighted by Gasteiger charge is 2.33. The highest BCUT2D eigenvalue weighted by molar-refractivity contribution is 7.92. The fourth-order valence-corrected chi connectivity index (χ4v) is 5.38. The maximum absolute atomic E-state index is 13.8. The Morgan fingerprint density at radius 1 is 0.944 bits per heavy atom. The van der Waals surface area contributed by atoms with E-state index in [-0.39, 0.29) is 17.3 Å². The third-order valence-corrected chi connectivity index (χ3v) is 7.87. The zero-order valence-electron chi connectivity index (χ0n) is 20.5. The molecule has 0 saturated carbocycles. The number of halogens is 1. The number of anilines is 1. The zero-order chi connectivity index (χ0) is 26.3. The molecule has 1 N–H and O–H groups in total. The van der Waals surface area contributed by atoms with Gasteiger partial charge in [-0.05, 0) is 55.3 Å². The number of hydrogen-bond acceptors (Lipinski definition) is 4. The predicted octanol–water partition coefficient (Wildman–Crippen LogP) is 4.40. The van der Waals surface area contributed by atoms with E-state index < -0.39 is 28.5 Å². The summed E-state index contributed by atoms with van der Waals surface area (Å²) in [4.78, 5) is 27.9. The SMILES string of the molecule is CC[C@H](C(=O)NC)N(Cc1ccccc1)C(=O)CN(c1ccc(Cl)cc1)S(=O)(=O)c1ccc(C)cc1. The second-order valence-corrected chi connectivity index (χ2v) is 10.6. The summed E-state index contributed by atoms with van der Waals surface area (Å²) >= 11 is 6.04. The second-order valence-electron chi connectivity index (χ2n) is 8.35. The van der Waals surface area contributed by atoms with Crippen LogP contribution >= 0.6 is 11.6 Å². The lowest BCUT2D eigenvalue weighted by Crippen LogP contribution is -2.51. The third kappa shape index (κ3) is 6.44. The topological polar surface area (TPSA) is 86.8 Å². The van der Waals surface area contributed by atoms with Crippen molar-refractivity contribution in [3.05, 3.63) is 95.0 Å². The minimum atomic E-state index is -4.10. The molecule has 0 unspecified atom stereocenters. The number of benzene rings is 3. The minimum Gasteiger partial charge on any atom is -0.357 e. The second kappa shape index (κ2) is 12.1. The van der Waals surface area contributed by atoms with Gasteiger partial charge in [0.1, 0.15) is 12.6 Å². The van der Waals surface area contributed by atoms with Gasteiger partial charge in [0, 0.05) is 18.6 Å². The summed E-state index contributed by atoms with van der Waals surface area (Å²) in [5.74, 6) is -0.818. The van der Waals surface area contributed by atoms with Crippen LogP contribution in [0.2, 0.25) is 5.02 Å². The van der Waals surface area contributed by atoms with Gasteiger partial charge in [0.05, 0.1) is 10.6 Å². The van der Waals surface area contributed by atoms with E-state index in [0.29, 0.717) is 17.1 Å². The van der Waals surface area contributed by atoms with Crippen molar-refractivity contribution < 1.29 is 18.0 Å². The first-order chi connectivity index (χ1) is 17.2. The number of rotatable bonds is 10. The summed E-state index contributed by atoms with van der Waals surface area (Å²) in [6, 6.07) is 21.2. The number of carbonyl (C=O) groups excluding carboxylic acids is 2. The highest BCUT2D eigenvalue weighted by Crippen LogP contribution is 2.26. The van der Waals surface area contributed by atoms with Gasteiger partial charge in [-0.1, -0.05) is 66.6 Å². The van der Waals surface area contributed by atoms with Crippen LogP contribution in [-0.2, 0) is 26.2 Å². The fourth-order valence-electron chi connectivity index (χ4n) is 3.84. The Hall–Kier alpha value is -3.36. The van der Waals surface area contributed by atoms with E-state index in [9.17, 15) is 18.0 Å². The van der Waals surface area contributed by atoms with Crippen molar-refractivity contribution >= 4 is 39.1 Å². The van der Waals surface area contributed by atoms with Crippen LogP contribution in [0.3, 0.4) is 0 Å². The summed E-state index contributed by atoms with van der Waals surface area (Å²) in [6.07, 6.45) is 0.365. The first-order valence-corrected chi connectivity index (χ1v) is 13.4. The molecule has 0 aliphatic heterocycles. The maximum Gasteiger partial charge on any atom is 0.264 e. The summed E-state index contributed by atoms with van der Waals surface area (Å²) in [6.45, 7) is 3.34. The van der Waals surface area contributed by atoms with Crippen LogP contribution in [0.1, 0.15) is 24.5 Å². The van der Waals surface area contributed by atoms with Crippen molar-refractivity contribution in [1.29, 1.82) is 0 Å². The molecule has 0 aromatic heterocycles. The zero-order valence-corrected chi connectivity index (χ0v) is 22.1. The van der Waals surface area contributed by atoms with Crippen LogP contribution in [0.4, 0.5) is 5.69 Å². The minimum absolute atomic E-state index is 0.0591. The highest BCUT2D eigenvalue weighted by atomic mass is 35.5. The van der Waals surface area contributed by atoms with Gasteiger partial charge in [-0.25, -0.2) is 8.42 Å². The third-order valence-electron chi connectivity index (χ3n) is 5.83. The van der Waals surface area contributed by atoms with E-state index in [1.165, 1.54) is 24.1 Å². The predicted molar refractivity (Wildman–Crippen MR) is 142 cm³/mol. The Balaban J connectivity index is 2.04. The van der Waals surface area contributed by atoms with E-state index in [2.05, 4.69) is 5.32 Å². The number of aryl methyl sites for hydroxylation is 1. The molecule has 9 heteroatoms. The van der Waals surface area contributed by atoms with E-state index in [1.807, 2.05) is 44.2 Å². The van der Waals surface area contributed by atoms with Crippen LogP contribution in [0.15, 0.2) is 83.8 Å². The van der Waals surface area contributed by atoms with Crippen molar-refractivity contribution in [3.63, 3.8) is 0 Å². The number of likely N-dealkylation sites (N-methyl/N-ethyl adjacent to an activating group) is 1. The van der Waals surface area contributed by atoms with Gasteiger partial charge in [0.25, 0.3) is 10.0 Å². The number of nitrogens with zero attached hydrogens (tertiary/aromatic N) is 2. The molecule has 3 aromatic rings. The standard InChI is InChI=1S/C27H30ClN3O4S/c1-4-25(27(33)29-3)30(18-21-8-6-5-7-9-21)26(32)19-31(23-14-12-22(28)13-15-23)36(34,35)24-16-10-20(2)11-17-24/h5-17,25H,4,18-19H2,1-3H3,(H,29,33)/t25-/m1/s1. The normalized spacial score (nSPS) is 12.0. The average molecular weight is 528 g/mol.